The second-order valence-corrected chi connectivity index (χ2v) is 7.43. The van der Waals surface area contributed by atoms with Crippen LogP contribution in [0, 0.1) is 11.8 Å². The molecule has 5 rings (SSSR count). The lowest BCUT2D eigenvalue weighted by atomic mass is 9.65. The summed E-state index contributed by atoms with van der Waals surface area (Å²) in [6.45, 7) is 7.98. The van der Waals surface area contributed by atoms with Gasteiger partial charge in [0.25, 0.3) is 0 Å². The van der Waals surface area contributed by atoms with Gasteiger partial charge in [0.2, 0.25) is 0 Å². The summed E-state index contributed by atoms with van der Waals surface area (Å²) in [5, 5.41) is 0. The molecule has 0 spiro atoms. The first-order chi connectivity index (χ1) is 11.1. The molecule has 23 heavy (non-hydrogen) atoms. The van der Waals surface area contributed by atoms with Gasteiger partial charge >= 0.3 is 0 Å². The SMILES string of the molecule is CC1(C)[C@H](CC(=O)c2cc3c(cn2)OCCO3)C2CCN1CC2. The second-order valence-electron chi connectivity index (χ2n) is 7.43. The number of rotatable bonds is 3. The van der Waals surface area contributed by atoms with E-state index in [1.165, 1.54) is 25.9 Å². The summed E-state index contributed by atoms with van der Waals surface area (Å²) in [6, 6.07) is 1.74. The standard InChI is InChI=1S/C18H24N2O3/c1-18(2)13(12-3-5-20(18)6-4-12)9-15(21)14-10-16-17(11-19-14)23-8-7-22-16/h10-13H,3-9H2,1-2H3/t13-/m1/s1. The monoisotopic (exact) mass is 316 g/mol. The number of Topliss-reactive ketones (excluding diaryl/α,β-unsaturated/α-hetero) is 1. The van der Waals surface area contributed by atoms with Crippen LogP contribution < -0.4 is 9.47 Å². The van der Waals surface area contributed by atoms with Crippen LogP contribution in [0.1, 0.15) is 43.6 Å². The number of pyridine rings is 1. The molecule has 0 radical (unpaired) electrons. The van der Waals surface area contributed by atoms with E-state index in [0.717, 1.165) is 0 Å². The quantitative estimate of drug-likeness (QED) is 0.802. The lowest BCUT2D eigenvalue weighted by Gasteiger charge is -2.56. The van der Waals surface area contributed by atoms with Crippen molar-refractivity contribution in [2.24, 2.45) is 11.8 Å². The molecule has 5 nitrogen and oxygen atoms in total. The number of aromatic nitrogens is 1. The Labute approximate surface area is 137 Å². The fourth-order valence-corrected chi connectivity index (χ4v) is 4.51. The average Bonchev–Trinajstić information content (AvgIpc) is 2.58. The average molecular weight is 316 g/mol. The van der Waals surface area contributed by atoms with Gasteiger partial charge in [0.15, 0.2) is 17.3 Å². The predicted molar refractivity (Wildman–Crippen MR) is 86.0 cm³/mol. The van der Waals surface area contributed by atoms with Gasteiger partial charge in [-0.1, -0.05) is 0 Å². The summed E-state index contributed by atoms with van der Waals surface area (Å²) in [6.07, 6.45) is 4.62. The maximum atomic E-state index is 12.8. The summed E-state index contributed by atoms with van der Waals surface area (Å²) < 4.78 is 11.0. The highest BCUT2D eigenvalue weighted by Gasteiger charge is 2.48. The molecule has 4 aliphatic rings. The van der Waals surface area contributed by atoms with Crippen molar-refractivity contribution < 1.29 is 14.3 Å². The number of carbonyl (C=O) groups excluding carboxylic acids is 1. The number of piperidine rings is 3. The highest BCUT2D eigenvalue weighted by molar-refractivity contribution is 5.95. The first-order valence-electron chi connectivity index (χ1n) is 8.59. The van der Waals surface area contributed by atoms with Crippen molar-refractivity contribution in [1.29, 1.82) is 0 Å². The van der Waals surface area contributed by atoms with E-state index < -0.39 is 0 Å². The smallest absolute Gasteiger partial charge is 0.181 e. The minimum absolute atomic E-state index is 0.102. The summed E-state index contributed by atoms with van der Waals surface area (Å²) in [7, 11) is 0. The molecule has 124 valence electrons. The molecule has 0 aliphatic carbocycles. The van der Waals surface area contributed by atoms with Gasteiger partial charge < -0.3 is 9.47 Å². The van der Waals surface area contributed by atoms with Gasteiger partial charge in [0.1, 0.15) is 18.9 Å². The second kappa shape index (κ2) is 5.48. The third-order valence-electron chi connectivity index (χ3n) is 5.95. The minimum atomic E-state index is 0.102. The van der Waals surface area contributed by atoms with Gasteiger partial charge in [-0.2, -0.15) is 0 Å². The maximum absolute atomic E-state index is 12.8. The number of hydrogen-bond acceptors (Lipinski definition) is 5. The van der Waals surface area contributed by atoms with Crippen LogP contribution in [0.5, 0.6) is 11.5 Å². The lowest BCUT2D eigenvalue weighted by Crippen LogP contribution is -2.61. The Morgan fingerprint density at radius 2 is 1.96 bits per heavy atom. The number of ether oxygens (including phenoxy) is 2. The molecule has 4 aliphatic heterocycles. The minimum Gasteiger partial charge on any atom is -0.486 e. The normalized spacial score (nSPS) is 31.0. The van der Waals surface area contributed by atoms with Gasteiger partial charge in [0, 0.05) is 18.0 Å². The molecule has 0 saturated carbocycles. The Kier molecular flexibility index (Phi) is 3.56. The van der Waals surface area contributed by atoms with Crippen LogP contribution in [-0.4, -0.2) is 47.5 Å². The van der Waals surface area contributed by atoms with Crippen LogP contribution in [0.25, 0.3) is 0 Å². The Hall–Kier alpha value is -1.62. The summed E-state index contributed by atoms with van der Waals surface area (Å²) in [4.78, 5) is 19.6. The van der Waals surface area contributed by atoms with Crippen molar-refractivity contribution in [2.45, 2.75) is 38.6 Å². The van der Waals surface area contributed by atoms with E-state index >= 15 is 0 Å². The summed E-state index contributed by atoms with van der Waals surface area (Å²) >= 11 is 0. The van der Waals surface area contributed by atoms with Crippen LogP contribution in [0.3, 0.4) is 0 Å². The molecular formula is C18H24N2O3. The first kappa shape index (κ1) is 14.9. The maximum Gasteiger partial charge on any atom is 0.181 e. The first-order valence-corrected chi connectivity index (χ1v) is 8.59. The highest BCUT2D eigenvalue weighted by Crippen LogP contribution is 2.45. The largest absolute Gasteiger partial charge is 0.486 e. The van der Waals surface area contributed by atoms with Crippen LogP contribution >= 0.6 is 0 Å². The molecule has 1 atom stereocenters. The summed E-state index contributed by atoms with van der Waals surface area (Å²) in [5.74, 6) is 2.47. The van der Waals surface area contributed by atoms with Crippen LogP contribution in [0.15, 0.2) is 12.3 Å². The van der Waals surface area contributed by atoms with Gasteiger partial charge in [-0.15, -0.1) is 0 Å². The Morgan fingerprint density at radius 3 is 2.65 bits per heavy atom. The third-order valence-corrected chi connectivity index (χ3v) is 5.95. The Morgan fingerprint density at radius 1 is 1.26 bits per heavy atom. The zero-order chi connectivity index (χ0) is 16.0. The Bertz CT molecular complexity index is 621. The van der Waals surface area contributed by atoms with Crippen molar-refractivity contribution in [3.05, 3.63) is 18.0 Å². The van der Waals surface area contributed by atoms with Crippen LogP contribution in [0.4, 0.5) is 0 Å². The molecule has 5 heteroatoms. The number of fused-ring (bicyclic) bond motifs is 4. The zero-order valence-electron chi connectivity index (χ0n) is 13.9. The van der Waals surface area contributed by atoms with Crippen molar-refractivity contribution >= 4 is 5.78 Å². The van der Waals surface area contributed by atoms with Crippen LogP contribution in [0.2, 0.25) is 0 Å². The molecule has 3 saturated heterocycles. The molecule has 2 bridgehead atoms. The molecule has 3 fully saturated rings. The fraction of sp³-hybridized carbons (Fsp3) is 0.667. The van der Waals surface area contributed by atoms with E-state index in [9.17, 15) is 4.79 Å². The topological polar surface area (TPSA) is 51.7 Å². The van der Waals surface area contributed by atoms with E-state index in [0.29, 0.717) is 48.7 Å². The van der Waals surface area contributed by atoms with Gasteiger partial charge in [-0.25, -0.2) is 4.98 Å². The zero-order valence-corrected chi connectivity index (χ0v) is 13.9. The van der Waals surface area contributed by atoms with Gasteiger partial charge in [-0.05, 0) is 51.6 Å². The van der Waals surface area contributed by atoms with E-state index in [-0.39, 0.29) is 11.3 Å². The molecular weight excluding hydrogens is 292 g/mol. The van der Waals surface area contributed by atoms with Crippen molar-refractivity contribution in [3.63, 3.8) is 0 Å². The molecule has 0 unspecified atom stereocenters. The number of carbonyl (C=O) groups is 1. The lowest BCUT2D eigenvalue weighted by molar-refractivity contribution is -0.0644. The number of nitrogens with zero attached hydrogens (tertiary/aromatic N) is 2. The fourth-order valence-electron chi connectivity index (χ4n) is 4.51. The molecule has 0 N–H and O–H groups in total. The highest BCUT2D eigenvalue weighted by atomic mass is 16.6. The Balaban J connectivity index is 1.53. The van der Waals surface area contributed by atoms with Crippen molar-refractivity contribution in [3.8, 4) is 11.5 Å². The van der Waals surface area contributed by atoms with Gasteiger partial charge in [0.05, 0.1) is 6.20 Å². The van der Waals surface area contributed by atoms with E-state index in [1.807, 2.05) is 0 Å². The van der Waals surface area contributed by atoms with E-state index in [1.54, 1.807) is 12.3 Å². The van der Waals surface area contributed by atoms with Gasteiger partial charge in [-0.3, -0.25) is 9.69 Å². The van der Waals surface area contributed by atoms with E-state index in [2.05, 4.69) is 23.7 Å². The predicted octanol–water partition coefficient (Wildman–Crippen LogP) is 2.55. The summed E-state index contributed by atoms with van der Waals surface area (Å²) in [5.41, 5.74) is 0.603. The number of hydrogen-bond donors (Lipinski definition) is 0. The van der Waals surface area contributed by atoms with Crippen molar-refractivity contribution in [1.82, 2.24) is 9.88 Å². The molecule has 0 aromatic carbocycles. The third kappa shape index (κ3) is 2.51. The molecule has 1 aromatic rings. The van der Waals surface area contributed by atoms with Crippen LogP contribution in [-0.2, 0) is 0 Å². The molecule has 1 aromatic heterocycles. The van der Waals surface area contributed by atoms with Crippen molar-refractivity contribution in [2.75, 3.05) is 26.3 Å². The van der Waals surface area contributed by atoms with E-state index in [4.69, 9.17) is 9.47 Å². The number of ketones is 1. The molecule has 5 heterocycles. The molecule has 0 amide bonds.